The molecule has 0 aliphatic rings. The Kier molecular flexibility index (Phi) is 10.5. The Hall–Kier alpha value is -0.600. The molecule has 0 radical (unpaired) electrons. The van der Waals surface area contributed by atoms with Gasteiger partial charge in [-0.25, -0.2) is 0 Å². The molecule has 0 aliphatic carbocycles. The molecule has 0 spiro atoms. The van der Waals surface area contributed by atoms with Gasteiger partial charge in [-0.3, -0.25) is 0 Å². The number of hydrogen-bond donors (Lipinski definition) is 0. The van der Waals surface area contributed by atoms with Gasteiger partial charge >= 0.3 is 0 Å². The van der Waals surface area contributed by atoms with Gasteiger partial charge in [0.25, 0.3) is 0 Å². The number of ether oxygens (including phenoxy) is 2. The zero-order valence-electron chi connectivity index (χ0n) is 10.8. The van der Waals surface area contributed by atoms with E-state index in [2.05, 4.69) is 27.0 Å². The third kappa shape index (κ3) is 6.81. The minimum absolute atomic E-state index is 0.183. The van der Waals surface area contributed by atoms with Crippen LogP contribution >= 0.6 is 0 Å². The minimum Gasteiger partial charge on any atom is -0.371 e. The first-order valence-electron chi connectivity index (χ1n) is 6.25. The SMILES string of the molecule is C=CCOC(CCC)C(CCC)OCC=C. The summed E-state index contributed by atoms with van der Waals surface area (Å²) in [6.45, 7) is 12.9. The summed E-state index contributed by atoms with van der Waals surface area (Å²) in [5.41, 5.74) is 0. The summed E-state index contributed by atoms with van der Waals surface area (Å²) >= 11 is 0. The van der Waals surface area contributed by atoms with Gasteiger partial charge in [0.05, 0.1) is 25.4 Å². The smallest absolute Gasteiger partial charge is 0.0841 e. The largest absolute Gasteiger partial charge is 0.371 e. The van der Waals surface area contributed by atoms with Crippen LogP contribution in [0.1, 0.15) is 39.5 Å². The molecule has 2 unspecified atom stereocenters. The van der Waals surface area contributed by atoms with Crippen molar-refractivity contribution in [3.8, 4) is 0 Å². The Morgan fingerprint density at radius 1 is 0.875 bits per heavy atom. The van der Waals surface area contributed by atoms with Crippen LogP contribution in [0.3, 0.4) is 0 Å². The molecule has 0 heterocycles. The van der Waals surface area contributed by atoms with Crippen LogP contribution in [-0.4, -0.2) is 25.4 Å². The standard InChI is InChI=1S/C14H26O2/c1-5-9-13(15-11-7-3)14(10-6-2)16-12-8-4/h7-8,13-14H,3-6,9-12H2,1-2H3. The van der Waals surface area contributed by atoms with Crippen LogP contribution in [0, 0.1) is 0 Å². The van der Waals surface area contributed by atoms with E-state index in [0.29, 0.717) is 13.2 Å². The third-order valence-corrected chi connectivity index (χ3v) is 2.42. The normalized spacial score (nSPS) is 14.4. The average Bonchev–Trinajstić information content (AvgIpc) is 2.30. The molecule has 0 rings (SSSR count). The van der Waals surface area contributed by atoms with Crippen LogP contribution < -0.4 is 0 Å². The summed E-state index contributed by atoms with van der Waals surface area (Å²) < 4.78 is 11.5. The molecule has 0 aromatic carbocycles. The summed E-state index contributed by atoms with van der Waals surface area (Å²) in [6, 6.07) is 0. The Morgan fingerprint density at radius 2 is 1.25 bits per heavy atom. The predicted octanol–water partition coefficient (Wildman–Crippen LogP) is 3.73. The average molecular weight is 226 g/mol. The second-order valence-corrected chi connectivity index (χ2v) is 3.90. The first-order chi connectivity index (χ1) is 7.79. The van der Waals surface area contributed by atoms with Crippen LogP contribution in [0.15, 0.2) is 25.3 Å². The van der Waals surface area contributed by atoms with Gasteiger partial charge < -0.3 is 9.47 Å². The maximum atomic E-state index is 5.77. The summed E-state index contributed by atoms with van der Waals surface area (Å²) in [4.78, 5) is 0. The van der Waals surface area contributed by atoms with E-state index in [4.69, 9.17) is 9.47 Å². The Labute approximate surface area is 100 Å². The van der Waals surface area contributed by atoms with Crippen molar-refractivity contribution in [2.24, 2.45) is 0 Å². The summed E-state index contributed by atoms with van der Waals surface area (Å²) in [6.07, 6.45) is 8.24. The molecule has 0 bridgehead atoms. The van der Waals surface area contributed by atoms with E-state index >= 15 is 0 Å². The lowest BCUT2D eigenvalue weighted by atomic mass is 10.0. The zero-order valence-corrected chi connectivity index (χ0v) is 10.8. The van der Waals surface area contributed by atoms with E-state index in [1.165, 1.54) is 0 Å². The first kappa shape index (κ1) is 15.4. The molecule has 0 fully saturated rings. The monoisotopic (exact) mass is 226 g/mol. The van der Waals surface area contributed by atoms with Gasteiger partial charge in [-0.05, 0) is 12.8 Å². The van der Waals surface area contributed by atoms with Gasteiger partial charge in [0.2, 0.25) is 0 Å². The molecule has 2 atom stereocenters. The second-order valence-electron chi connectivity index (χ2n) is 3.90. The third-order valence-electron chi connectivity index (χ3n) is 2.42. The molecule has 0 saturated heterocycles. The van der Waals surface area contributed by atoms with Gasteiger partial charge in [0.15, 0.2) is 0 Å². The van der Waals surface area contributed by atoms with Gasteiger partial charge in [-0.15, -0.1) is 13.2 Å². The zero-order chi connectivity index (χ0) is 12.2. The molecule has 0 aromatic heterocycles. The minimum atomic E-state index is 0.183. The molecule has 0 amide bonds. The fraction of sp³-hybridized carbons (Fsp3) is 0.714. The highest BCUT2D eigenvalue weighted by atomic mass is 16.5. The van der Waals surface area contributed by atoms with Gasteiger partial charge in [0, 0.05) is 0 Å². The summed E-state index contributed by atoms with van der Waals surface area (Å²) in [7, 11) is 0. The number of hydrogen-bond acceptors (Lipinski definition) is 2. The fourth-order valence-corrected chi connectivity index (χ4v) is 1.71. The van der Waals surface area contributed by atoms with Crippen LogP contribution in [0.25, 0.3) is 0 Å². The van der Waals surface area contributed by atoms with E-state index in [-0.39, 0.29) is 12.2 Å². The molecule has 16 heavy (non-hydrogen) atoms. The Balaban J connectivity index is 4.24. The Bertz CT molecular complexity index is 158. The summed E-state index contributed by atoms with van der Waals surface area (Å²) in [5, 5.41) is 0. The van der Waals surface area contributed by atoms with Gasteiger partial charge in [-0.2, -0.15) is 0 Å². The lowest BCUT2D eigenvalue weighted by Gasteiger charge is -2.26. The molecular formula is C14H26O2. The Morgan fingerprint density at radius 3 is 1.50 bits per heavy atom. The topological polar surface area (TPSA) is 18.5 Å². The molecular weight excluding hydrogens is 200 g/mol. The lowest BCUT2D eigenvalue weighted by Crippen LogP contribution is -2.32. The van der Waals surface area contributed by atoms with E-state index < -0.39 is 0 Å². The quantitative estimate of drug-likeness (QED) is 0.500. The van der Waals surface area contributed by atoms with Crippen LogP contribution in [0.2, 0.25) is 0 Å². The van der Waals surface area contributed by atoms with Crippen molar-refractivity contribution in [3.05, 3.63) is 25.3 Å². The van der Waals surface area contributed by atoms with Crippen molar-refractivity contribution in [2.75, 3.05) is 13.2 Å². The molecule has 0 N–H and O–H groups in total. The van der Waals surface area contributed by atoms with Gasteiger partial charge in [0.1, 0.15) is 0 Å². The highest BCUT2D eigenvalue weighted by molar-refractivity contribution is 4.75. The molecule has 0 aliphatic heterocycles. The van der Waals surface area contributed by atoms with Crippen molar-refractivity contribution in [3.63, 3.8) is 0 Å². The van der Waals surface area contributed by atoms with Crippen LogP contribution in [0.5, 0.6) is 0 Å². The molecule has 2 nitrogen and oxygen atoms in total. The summed E-state index contributed by atoms with van der Waals surface area (Å²) in [5.74, 6) is 0. The van der Waals surface area contributed by atoms with Crippen LogP contribution in [0.4, 0.5) is 0 Å². The highest BCUT2D eigenvalue weighted by Gasteiger charge is 2.20. The molecule has 2 heteroatoms. The van der Waals surface area contributed by atoms with Crippen molar-refractivity contribution in [1.82, 2.24) is 0 Å². The van der Waals surface area contributed by atoms with E-state index in [1.54, 1.807) is 12.2 Å². The maximum Gasteiger partial charge on any atom is 0.0841 e. The first-order valence-corrected chi connectivity index (χ1v) is 6.25. The maximum absolute atomic E-state index is 5.77. The van der Waals surface area contributed by atoms with Crippen molar-refractivity contribution in [1.29, 1.82) is 0 Å². The fourth-order valence-electron chi connectivity index (χ4n) is 1.71. The van der Waals surface area contributed by atoms with Crippen molar-refractivity contribution in [2.45, 2.75) is 51.7 Å². The lowest BCUT2D eigenvalue weighted by molar-refractivity contribution is -0.0652. The highest BCUT2D eigenvalue weighted by Crippen LogP contribution is 2.16. The van der Waals surface area contributed by atoms with Gasteiger partial charge in [-0.1, -0.05) is 38.8 Å². The van der Waals surface area contributed by atoms with Crippen molar-refractivity contribution < 1.29 is 9.47 Å². The van der Waals surface area contributed by atoms with Crippen LogP contribution in [-0.2, 0) is 9.47 Å². The second kappa shape index (κ2) is 10.9. The van der Waals surface area contributed by atoms with E-state index in [9.17, 15) is 0 Å². The van der Waals surface area contributed by atoms with Crippen molar-refractivity contribution >= 4 is 0 Å². The molecule has 0 saturated carbocycles. The van der Waals surface area contributed by atoms with E-state index in [0.717, 1.165) is 25.7 Å². The predicted molar refractivity (Wildman–Crippen MR) is 69.7 cm³/mol. The molecule has 94 valence electrons. The number of rotatable bonds is 11. The molecule has 0 aromatic rings. The van der Waals surface area contributed by atoms with E-state index in [1.807, 2.05) is 0 Å².